The Morgan fingerprint density at radius 2 is 0.900 bits per heavy atom. The maximum atomic E-state index is 6.98. The van der Waals surface area contributed by atoms with Gasteiger partial charge in [0.25, 0.3) is 0 Å². The molecule has 0 saturated heterocycles. The van der Waals surface area contributed by atoms with Crippen LogP contribution in [0.3, 0.4) is 0 Å². The van der Waals surface area contributed by atoms with Gasteiger partial charge in [0.2, 0.25) is 0 Å². The van der Waals surface area contributed by atoms with Gasteiger partial charge in [-0.05, 0) is 36.1 Å². The highest BCUT2D eigenvalue weighted by molar-refractivity contribution is 6.36. The van der Waals surface area contributed by atoms with E-state index in [0.717, 1.165) is 0 Å². The Labute approximate surface area is 129 Å². The Morgan fingerprint density at radius 1 is 0.650 bits per heavy atom. The van der Waals surface area contributed by atoms with Crippen LogP contribution in [0.5, 0.6) is 0 Å². The molecule has 5 rings (SSSR count). The van der Waals surface area contributed by atoms with Gasteiger partial charge in [-0.1, -0.05) is 48.5 Å². The van der Waals surface area contributed by atoms with Crippen LogP contribution in [0.1, 0.15) is 47.9 Å². The van der Waals surface area contributed by atoms with Crippen LogP contribution in [0, 0.1) is 0 Å². The Balaban J connectivity index is 2.13. The molecule has 0 unspecified atom stereocenters. The van der Waals surface area contributed by atoms with E-state index in [0.29, 0.717) is 0 Å². The van der Waals surface area contributed by atoms with E-state index in [1.807, 2.05) is 0 Å². The van der Waals surface area contributed by atoms with E-state index in [-0.39, 0.29) is 11.8 Å². The van der Waals surface area contributed by atoms with E-state index in [1.165, 1.54) is 22.3 Å². The van der Waals surface area contributed by atoms with Crippen molar-refractivity contribution in [3.8, 4) is 0 Å². The van der Waals surface area contributed by atoms with E-state index < -0.39 is 9.75 Å². The molecule has 0 spiro atoms. The summed E-state index contributed by atoms with van der Waals surface area (Å²) in [6.45, 7) is 4.18. The predicted molar refractivity (Wildman–Crippen MR) is 85.1 cm³/mol. The van der Waals surface area contributed by atoms with Crippen LogP contribution in [-0.4, -0.2) is 9.75 Å². The summed E-state index contributed by atoms with van der Waals surface area (Å²) < 4.78 is 0. The number of rotatable bonds is 0. The molecule has 0 N–H and O–H groups in total. The van der Waals surface area contributed by atoms with E-state index in [2.05, 4.69) is 62.4 Å². The highest BCUT2D eigenvalue weighted by atomic mass is 35.5. The summed E-state index contributed by atoms with van der Waals surface area (Å²) in [5, 5.41) is 0. The van der Waals surface area contributed by atoms with Crippen molar-refractivity contribution in [2.45, 2.75) is 35.4 Å². The van der Waals surface area contributed by atoms with Gasteiger partial charge in [0, 0.05) is 11.8 Å². The van der Waals surface area contributed by atoms with Crippen molar-refractivity contribution in [2.75, 3.05) is 0 Å². The summed E-state index contributed by atoms with van der Waals surface area (Å²) in [6.07, 6.45) is 0. The van der Waals surface area contributed by atoms with Crippen LogP contribution in [-0.2, 0) is 0 Å². The fraction of sp³-hybridized carbons (Fsp3) is 0.333. The van der Waals surface area contributed by atoms with Crippen LogP contribution >= 0.6 is 23.2 Å². The fourth-order valence-electron chi connectivity index (χ4n) is 4.14. The van der Waals surface area contributed by atoms with E-state index >= 15 is 0 Å². The highest BCUT2D eigenvalue weighted by Crippen LogP contribution is 2.66. The molecule has 3 aliphatic rings. The Hall–Kier alpha value is -0.980. The molecule has 0 heterocycles. The van der Waals surface area contributed by atoms with Crippen molar-refractivity contribution in [1.82, 2.24) is 0 Å². The normalized spacial score (nSPS) is 37.4. The lowest BCUT2D eigenvalue weighted by Gasteiger charge is -2.57. The van der Waals surface area contributed by atoms with Crippen molar-refractivity contribution >= 4 is 23.2 Å². The quantitative estimate of drug-likeness (QED) is 0.581. The van der Waals surface area contributed by atoms with Crippen LogP contribution in [0.4, 0.5) is 0 Å². The molecule has 0 saturated carbocycles. The van der Waals surface area contributed by atoms with Crippen LogP contribution in [0.15, 0.2) is 48.5 Å². The molecular weight excluding hydrogens is 287 g/mol. The van der Waals surface area contributed by atoms with Crippen LogP contribution in [0.25, 0.3) is 0 Å². The maximum absolute atomic E-state index is 6.98. The zero-order valence-electron chi connectivity index (χ0n) is 11.5. The van der Waals surface area contributed by atoms with E-state index in [4.69, 9.17) is 23.2 Å². The Morgan fingerprint density at radius 3 is 1.15 bits per heavy atom. The average Bonchev–Trinajstić information content (AvgIpc) is 2.42. The second kappa shape index (κ2) is 3.81. The summed E-state index contributed by atoms with van der Waals surface area (Å²) in [4.78, 5) is -0.968. The van der Waals surface area contributed by atoms with E-state index in [9.17, 15) is 0 Å². The fourth-order valence-corrected chi connectivity index (χ4v) is 4.83. The number of alkyl halides is 2. The standard InChI is InChI=1S/C18H16Cl2/c1-17(19)15-11-7-3-5-9-13(11)16(18(17,2)20)14-10-6-4-8-12(14)15/h3-10,15-16H,1-2H3/t15?,16?,17-,18-/m1/s1. The minimum Gasteiger partial charge on any atom is -0.117 e. The first-order valence-corrected chi connectivity index (χ1v) is 7.77. The predicted octanol–water partition coefficient (Wildman–Crippen LogP) is 5.27. The first kappa shape index (κ1) is 12.7. The zero-order chi connectivity index (χ0) is 14.1. The van der Waals surface area contributed by atoms with Crippen molar-refractivity contribution in [1.29, 1.82) is 0 Å². The van der Waals surface area contributed by atoms with Gasteiger partial charge in [-0.3, -0.25) is 0 Å². The summed E-state index contributed by atoms with van der Waals surface area (Å²) in [5.74, 6) is 0.313. The van der Waals surface area contributed by atoms with Crippen molar-refractivity contribution in [2.24, 2.45) is 0 Å². The first-order valence-electron chi connectivity index (χ1n) is 7.01. The zero-order valence-corrected chi connectivity index (χ0v) is 13.0. The first-order chi connectivity index (χ1) is 9.46. The van der Waals surface area contributed by atoms with Gasteiger partial charge in [0.1, 0.15) is 0 Å². The van der Waals surface area contributed by atoms with Gasteiger partial charge >= 0.3 is 0 Å². The third-order valence-corrected chi connectivity index (χ3v) is 6.59. The molecule has 2 atom stereocenters. The highest BCUT2D eigenvalue weighted by Gasteiger charge is 2.61. The number of halogens is 2. The van der Waals surface area contributed by atoms with Crippen molar-refractivity contribution in [3.05, 3.63) is 70.8 Å². The molecule has 0 fully saturated rings. The molecule has 2 aromatic carbocycles. The molecule has 102 valence electrons. The number of hydrogen-bond acceptors (Lipinski definition) is 0. The molecule has 20 heavy (non-hydrogen) atoms. The number of fused-ring (bicyclic) bond motifs is 1. The molecule has 2 heteroatoms. The molecular formula is C18H16Cl2. The van der Waals surface area contributed by atoms with Crippen molar-refractivity contribution in [3.63, 3.8) is 0 Å². The van der Waals surface area contributed by atoms with E-state index in [1.54, 1.807) is 0 Å². The topological polar surface area (TPSA) is 0 Å². The molecule has 3 aliphatic carbocycles. The lowest BCUT2D eigenvalue weighted by atomic mass is 9.54. The lowest BCUT2D eigenvalue weighted by molar-refractivity contribution is 0.329. The average molecular weight is 303 g/mol. The van der Waals surface area contributed by atoms with Crippen molar-refractivity contribution < 1.29 is 0 Å². The van der Waals surface area contributed by atoms with Gasteiger partial charge in [-0.15, -0.1) is 23.2 Å². The van der Waals surface area contributed by atoms with Gasteiger partial charge in [0.15, 0.2) is 0 Å². The largest absolute Gasteiger partial charge is 0.117 e. The summed E-state index contributed by atoms with van der Waals surface area (Å²) in [7, 11) is 0. The summed E-state index contributed by atoms with van der Waals surface area (Å²) in [5.41, 5.74) is 5.36. The second-order valence-electron chi connectivity index (χ2n) is 6.28. The van der Waals surface area contributed by atoms with Crippen LogP contribution in [0.2, 0.25) is 0 Å². The van der Waals surface area contributed by atoms with Gasteiger partial charge < -0.3 is 0 Å². The molecule has 2 aromatic rings. The third-order valence-electron chi connectivity index (χ3n) is 5.28. The smallest absolute Gasteiger partial charge is 0.0725 e. The molecule has 0 aliphatic heterocycles. The number of benzene rings is 2. The molecule has 0 radical (unpaired) electrons. The monoisotopic (exact) mass is 302 g/mol. The molecule has 2 bridgehead atoms. The minimum absolute atomic E-state index is 0.157. The van der Waals surface area contributed by atoms with Gasteiger partial charge in [-0.25, -0.2) is 0 Å². The maximum Gasteiger partial charge on any atom is 0.0725 e. The lowest BCUT2D eigenvalue weighted by Crippen LogP contribution is -2.57. The molecule has 0 amide bonds. The van der Waals surface area contributed by atoms with Gasteiger partial charge in [-0.2, -0.15) is 0 Å². The summed E-state index contributed by atoms with van der Waals surface area (Å²) >= 11 is 14.0. The second-order valence-corrected chi connectivity index (χ2v) is 7.85. The minimum atomic E-state index is -0.484. The summed E-state index contributed by atoms with van der Waals surface area (Å²) in [6, 6.07) is 17.2. The SMILES string of the molecule is C[C@@]1(Cl)C2c3ccccc3C(c3ccccc32)[C@@]1(C)Cl. The molecule has 0 aromatic heterocycles. The van der Waals surface area contributed by atoms with Crippen LogP contribution < -0.4 is 0 Å². The Kier molecular flexibility index (Phi) is 2.43. The number of hydrogen-bond donors (Lipinski definition) is 0. The third kappa shape index (κ3) is 1.30. The molecule has 0 nitrogen and oxygen atoms in total. The Bertz CT molecular complexity index is 593. The van der Waals surface area contributed by atoms with Gasteiger partial charge in [0.05, 0.1) is 9.75 Å².